The van der Waals surface area contributed by atoms with Gasteiger partial charge in [0.2, 0.25) is 17.7 Å². The number of hydrogen-bond donors (Lipinski definition) is 9. The van der Waals surface area contributed by atoms with Crippen molar-refractivity contribution in [3.8, 4) is 44.5 Å². The number of aliphatic hydroxyl groups excluding tert-OH is 2. The van der Waals surface area contributed by atoms with Crippen LogP contribution in [0.15, 0.2) is 156 Å². The van der Waals surface area contributed by atoms with Crippen molar-refractivity contribution in [3.05, 3.63) is 144 Å². The van der Waals surface area contributed by atoms with Gasteiger partial charge in [-0.25, -0.2) is 20.0 Å². The van der Waals surface area contributed by atoms with Crippen molar-refractivity contribution < 1.29 is 316 Å². The van der Waals surface area contributed by atoms with Crippen LogP contribution in [0.3, 0.4) is 0 Å². The number of nitrogens with one attached hydrogen (secondary N) is 4. The van der Waals surface area contributed by atoms with Crippen molar-refractivity contribution in [2.45, 2.75) is 109 Å². The van der Waals surface area contributed by atoms with Gasteiger partial charge in [0.15, 0.2) is 0 Å². The fourth-order valence-corrected chi connectivity index (χ4v) is 12.6. The minimum atomic E-state index is -4.65. The van der Waals surface area contributed by atoms with Gasteiger partial charge in [-0.2, -0.15) is 25.3 Å². The summed E-state index contributed by atoms with van der Waals surface area (Å²) in [7, 11) is -13.9. The van der Waals surface area contributed by atoms with Crippen molar-refractivity contribution in [2.24, 2.45) is 20.0 Å². The molecule has 8 bridgehead atoms. The summed E-state index contributed by atoms with van der Waals surface area (Å²) in [6.45, 7) is 0. The second-order valence-corrected chi connectivity index (χ2v) is 27.8. The zero-order valence-electron chi connectivity index (χ0n) is 61.4. The number of aromatic amines is 2. The third kappa shape index (κ3) is 28.6. The van der Waals surface area contributed by atoms with Crippen molar-refractivity contribution in [2.75, 3.05) is 5.32 Å². The van der Waals surface area contributed by atoms with E-state index in [-0.39, 0.29) is 225 Å². The molecule has 33 nitrogen and oxygen atoms in total. The third-order valence-corrected chi connectivity index (χ3v) is 18.8. The molecule has 0 spiro atoms. The Morgan fingerprint density at radius 2 is 0.679 bits per heavy atom. The average Bonchev–Trinajstić information content (AvgIpc) is 1.61. The van der Waals surface area contributed by atoms with E-state index in [2.05, 4.69) is 35.3 Å². The van der Waals surface area contributed by atoms with Crippen LogP contribution in [0.4, 0.5) is 5.69 Å². The number of anilines is 1. The number of nitrogens with zero attached hydrogens (tertiary/aromatic N) is 6. The number of hydrogen-bond acceptors (Lipinski definition) is 25. The van der Waals surface area contributed by atoms with Crippen LogP contribution in [0.5, 0.6) is 0 Å². The molecule has 0 saturated carbocycles. The van der Waals surface area contributed by atoms with Gasteiger partial charge in [-0.05, 0) is 201 Å². The second kappa shape index (κ2) is 46.2. The number of aliphatic hydroxyl groups is 2. The zero-order valence-corrected chi connectivity index (χ0v) is 77.9. The summed E-state index contributed by atoms with van der Waals surface area (Å²) in [5.41, 5.74) is 6.79. The topological polar surface area (TPSA) is 593 Å². The number of aliphatic carboxylic acids is 4. The van der Waals surface area contributed by atoms with Crippen molar-refractivity contribution in [3.63, 3.8) is 0 Å². The summed E-state index contributed by atoms with van der Waals surface area (Å²) < 4.78 is 103. The van der Waals surface area contributed by atoms with Gasteiger partial charge in [0.25, 0.3) is 30.4 Å². The first-order valence-corrected chi connectivity index (χ1v) is 35.8. The second-order valence-electron chi connectivity index (χ2n) is 23.5. The van der Waals surface area contributed by atoms with E-state index in [0.717, 1.165) is 0 Å². The first-order valence-electron chi connectivity index (χ1n) is 31.5. The maximum atomic E-state index is 13.7. The number of benzene rings is 4. The number of carboxylic acids is 4. The van der Waals surface area contributed by atoms with Crippen LogP contribution in [0, 0.1) is 5.41 Å². The van der Waals surface area contributed by atoms with E-state index in [0.29, 0.717) is 89.4 Å². The van der Waals surface area contributed by atoms with Crippen LogP contribution in [-0.2, 0) is 54.3 Å². The fraction of sp³-hybridized carbons (Fsp3) is 0.217. The van der Waals surface area contributed by atoms with E-state index in [9.17, 15) is 109 Å². The Kier molecular flexibility index (Phi) is 42.4. The molecule has 0 saturated heterocycles. The number of H-pyrrole nitrogens is 2. The minimum Gasteiger partial charge on any atom is -0.862 e. The van der Waals surface area contributed by atoms with Gasteiger partial charge in [0.1, 0.15) is 12.1 Å². The molecule has 1 amide bonds. The van der Waals surface area contributed by atoms with Gasteiger partial charge in [-0.1, -0.05) is 48.5 Å². The summed E-state index contributed by atoms with van der Waals surface area (Å²) in [6.07, 6.45) is -0.780. The number of aromatic nitrogens is 4. The number of rotatable bonds is 32. The molecule has 4 atom stereocenters. The molecular formula is C69H59N10Na7O23S3. The van der Waals surface area contributed by atoms with Crippen LogP contribution >= 0.6 is 0 Å². The molecule has 43 heteroatoms. The van der Waals surface area contributed by atoms with Gasteiger partial charge in [0, 0.05) is 80.3 Å². The Labute approximate surface area is 795 Å². The van der Waals surface area contributed by atoms with Crippen LogP contribution in [-0.4, -0.2) is 153 Å². The normalized spacial score (nSPS) is 13.2. The van der Waals surface area contributed by atoms with E-state index in [1.54, 1.807) is 72.8 Å². The van der Waals surface area contributed by atoms with E-state index in [1.165, 1.54) is 72.8 Å². The summed E-state index contributed by atoms with van der Waals surface area (Å²) in [5.74, 6) is -13.9. The Morgan fingerprint density at radius 3 is 0.982 bits per heavy atom. The SMILES string of the molecule is N=C([O-])[C@H](CCC(=O)[O-])N=C(O)[C@H](CCC(=O)[O-])N=C(O)[C@H](CCC(=O)[O-])N=C([O-])[C@H](CCC(=O)[O-])N=C([O-])CCCC(=O)Nc1ccc(-c2c3nc(c(-c4ccc(S(=O)(=O)O)cc4)c4ccc([nH]4)c(-c4ccc(S(=O)(=O)O)cc4)c4nc(c(-c5ccc(S(=O)(=O)O)cc5)c5ccc2[nH]5)C=C4)C=C3)cc1.[Na+].[Na+].[Na+].[Na+].[Na+].[Na+].[Na+]. The van der Waals surface area contributed by atoms with E-state index < -0.39 is 186 Å². The van der Waals surface area contributed by atoms with Crippen molar-refractivity contribution in [1.82, 2.24) is 19.9 Å². The predicted octanol–water partition coefficient (Wildman–Crippen LogP) is -19.4. The number of carboxylic acid groups (broad SMARTS) is 4. The molecule has 9 rings (SSSR count). The smallest absolute Gasteiger partial charge is 0.862 e. The Bertz CT molecular complexity index is 5270. The van der Waals surface area contributed by atoms with E-state index >= 15 is 0 Å². The molecule has 7 aromatic rings. The Morgan fingerprint density at radius 1 is 0.393 bits per heavy atom. The standard InChI is InChI=1S/C69H66N10O23S3.7Na/c70-66(90)52(28-32-58(82)83)77-68(92)54(30-34-60(86)87)79-69(93)55(31-35-61(88)89)78-67(91)53(29-33-59(84)85)76-57(81)3-1-2-56(80)71-40-12-4-36(5-13-40)62-44-20-22-46(72-44)63(37-6-14-41(15-7-37)103(94,95)96)48-24-26-50(74-48)65(39-10-18-43(19-11-39)105(100,101)102)51-27-25-49(75-51)64(47-23-21-45(62)73-47)38-8-16-42(17-9-38)104(97,98)99;;;;;;;/h4-27,52-55,72,75H,1-3,28-35H2,(H2,70,90)(H,71,80)(H,76,81)(H,77,92)(H,78,91)(H,79,93)(H,82,83)(H,84,85)(H,86,87)(H,88,89)(H,94,95,96)(H,97,98,99)(H,100,101,102);;;;;;;/q;7*+1/p-7/t52-,53-,54-,55-;;;;;;;/m0......./s1. The first-order chi connectivity index (χ1) is 49.6. The molecule has 548 valence electrons. The zero-order chi connectivity index (χ0) is 76.2. The van der Waals surface area contributed by atoms with Crippen molar-refractivity contribution >= 4 is 142 Å². The molecule has 2 aliphatic rings. The molecule has 0 radical (unpaired) electrons. The maximum Gasteiger partial charge on any atom is 1.00 e. The van der Waals surface area contributed by atoms with Crippen LogP contribution in [0.1, 0.15) is 93.4 Å². The largest absolute Gasteiger partial charge is 1.00 e. The summed E-state index contributed by atoms with van der Waals surface area (Å²) >= 11 is 0. The molecular weight excluding hydrogens is 1590 g/mol. The number of carbonyl (C=O) groups is 5. The summed E-state index contributed by atoms with van der Waals surface area (Å²) in [6, 6.07) is 21.7. The molecule has 4 aromatic carbocycles. The van der Waals surface area contributed by atoms with Gasteiger partial charge in [0.05, 0.1) is 49.5 Å². The maximum absolute atomic E-state index is 13.7. The molecule has 0 unspecified atom stereocenters. The Balaban J connectivity index is 0.00000608. The average molecular weight is 1650 g/mol. The summed E-state index contributed by atoms with van der Waals surface area (Å²) in [4.78, 5) is 89.7. The molecule has 0 aliphatic carbocycles. The van der Waals surface area contributed by atoms with E-state index in [4.69, 9.17) is 15.4 Å². The molecule has 112 heavy (non-hydrogen) atoms. The minimum absolute atomic E-state index is 0. The summed E-state index contributed by atoms with van der Waals surface area (Å²) in [5, 5.41) is 116. The number of fused-ring (bicyclic) bond motifs is 8. The quantitative estimate of drug-likeness (QED) is 0.00818. The van der Waals surface area contributed by atoms with Gasteiger partial charge in [-0.15, -0.1) is 0 Å². The first kappa shape index (κ1) is 103. The molecule has 5 heterocycles. The number of aliphatic imine (C=N–C) groups is 4. The molecule has 0 fully saturated rings. The van der Waals surface area contributed by atoms with E-state index in [1.807, 2.05) is 0 Å². The van der Waals surface area contributed by atoms with Gasteiger partial charge >= 0.3 is 207 Å². The number of carbonyl (C=O) groups excluding carboxylic acids is 5. The monoisotopic (exact) mass is 1650 g/mol. The van der Waals surface area contributed by atoms with Crippen LogP contribution in [0.2, 0.25) is 0 Å². The number of amides is 1. The van der Waals surface area contributed by atoms with Gasteiger partial charge < -0.3 is 85.8 Å². The molecule has 3 aromatic heterocycles. The van der Waals surface area contributed by atoms with Crippen LogP contribution < -0.4 is 248 Å². The predicted molar refractivity (Wildman–Crippen MR) is 367 cm³/mol. The fourth-order valence-electron chi connectivity index (χ4n) is 11.1. The molecule has 2 aliphatic heterocycles. The molecule has 9 N–H and O–H groups in total. The van der Waals surface area contributed by atoms with Crippen molar-refractivity contribution in [1.29, 1.82) is 5.41 Å². The third-order valence-electron chi connectivity index (χ3n) is 16.2. The Hall–Kier alpha value is -5.09. The van der Waals surface area contributed by atoms with Gasteiger partial charge in [-0.3, -0.25) is 28.4 Å². The van der Waals surface area contributed by atoms with Crippen LogP contribution in [0.25, 0.3) is 90.9 Å².